The number of carbonyl (C=O) groups is 2. The van der Waals surface area contributed by atoms with Crippen LogP contribution in [0.25, 0.3) is 0 Å². The van der Waals surface area contributed by atoms with Gasteiger partial charge in [-0.25, -0.2) is 0 Å². The summed E-state index contributed by atoms with van der Waals surface area (Å²) >= 11 is 0. The van der Waals surface area contributed by atoms with Gasteiger partial charge in [0.25, 0.3) is 5.91 Å². The molecule has 0 spiro atoms. The second-order valence-electron chi connectivity index (χ2n) is 10.8. The molecule has 44 heavy (non-hydrogen) atoms. The maximum absolute atomic E-state index is 13.5. The van der Waals surface area contributed by atoms with Crippen LogP contribution >= 0.6 is 0 Å². The van der Waals surface area contributed by atoms with E-state index in [4.69, 9.17) is 14.2 Å². The molecule has 2 heterocycles. The maximum atomic E-state index is 13.5. The average Bonchev–Trinajstić information content (AvgIpc) is 3.39. The molecule has 0 aromatic heterocycles. The summed E-state index contributed by atoms with van der Waals surface area (Å²) < 4.78 is 16.8. The molecule has 4 aromatic carbocycles. The number of benzene rings is 4. The summed E-state index contributed by atoms with van der Waals surface area (Å²) in [6.45, 7) is 3.30. The normalized spacial score (nSPS) is 13.8. The lowest BCUT2D eigenvalue weighted by Crippen LogP contribution is -2.41. The van der Waals surface area contributed by atoms with E-state index in [1.165, 1.54) is 5.56 Å². The molecule has 9 nitrogen and oxygen atoms in total. The van der Waals surface area contributed by atoms with E-state index in [0.717, 1.165) is 39.7 Å². The van der Waals surface area contributed by atoms with Gasteiger partial charge in [0.05, 0.1) is 25.1 Å². The molecule has 4 aromatic rings. The topological polar surface area (TPSA) is 83.6 Å². The first-order valence-corrected chi connectivity index (χ1v) is 14.8. The van der Waals surface area contributed by atoms with Gasteiger partial charge in [-0.1, -0.05) is 30.3 Å². The Morgan fingerprint density at radius 2 is 1.68 bits per heavy atom. The van der Waals surface area contributed by atoms with Crippen LogP contribution in [-0.4, -0.2) is 44.1 Å². The highest BCUT2D eigenvalue weighted by atomic mass is 16.5. The molecule has 0 bridgehead atoms. The van der Waals surface area contributed by atoms with E-state index in [1.807, 2.05) is 90.6 Å². The number of anilines is 3. The highest BCUT2D eigenvalue weighted by Crippen LogP contribution is 2.46. The summed E-state index contributed by atoms with van der Waals surface area (Å²) in [6, 6.07) is 27.2. The number of hydrogen-bond donors (Lipinski definition) is 1. The van der Waals surface area contributed by atoms with Gasteiger partial charge in [-0.2, -0.15) is 0 Å². The molecule has 0 fully saturated rings. The fourth-order valence-electron chi connectivity index (χ4n) is 5.82. The quantitative estimate of drug-likeness (QED) is 0.231. The third-order valence-corrected chi connectivity index (χ3v) is 7.93. The average molecular weight is 593 g/mol. The number of rotatable bonds is 9. The molecule has 1 amide bonds. The van der Waals surface area contributed by atoms with Gasteiger partial charge in [-0.05, 0) is 91.1 Å². The van der Waals surface area contributed by atoms with Gasteiger partial charge in [0, 0.05) is 32.1 Å². The summed E-state index contributed by atoms with van der Waals surface area (Å²) in [4.78, 5) is 27.4. The molecule has 0 saturated carbocycles. The van der Waals surface area contributed by atoms with Crippen molar-refractivity contribution in [1.29, 1.82) is 0 Å². The first-order chi connectivity index (χ1) is 21.4. The molecule has 2 aliphatic heterocycles. The van der Waals surface area contributed by atoms with Gasteiger partial charge in [0.15, 0.2) is 0 Å². The zero-order valence-electron chi connectivity index (χ0n) is 25.2. The van der Waals surface area contributed by atoms with Crippen LogP contribution in [0.4, 0.5) is 17.1 Å². The first-order valence-electron chi connectivity index (χ1n) is 14.8. The Morgan fingerprint density at radius 1 is 0.909 bits per heavy atom. The van der Waals surface area contributed by atoms with Gasteiger partial charge in [0.2, 0.25) is 0 Å². The van der Waals surface area contributed by atoms with Crippen molar-refractivity contribution in [1.82, 2.24) is 10.4 Å². The lowest BCUT2D eigenvalue weighted by molar-refractivity contribution is -0.143. The fourth-order valence-corrected chi connectivity index (χ4v) is 5.82. The monoisotopic (exact) mass is 592 g/mol. The van der Waals surface area contributed by atoms with E-state index < -0.39 is 0 Å². The zero-order valence-corrected chi connectivity index (χ0v) is 25.2. The molecule has 0 radical (unpaired) electrons. The highest BCUT2D eigenvalue weighted by molar-refractivity contribution is 5.94. The predicted octanol–water partition coefficient (Wildman–Crippen LogP) is 6.19. The van der Waals surface area contributed by atoms with E-state index in [1.54, 1.807) is 7.11 Å². The lowest BCUT2D eigenvalue weighted by Gasteiger charge is -2.32. The van der Waals surface area contributed by atoms with E-state index in [9.17, 15) is 9.59 Å². The Bertz CT molecular complexity index is 1660. The van der Waals surface area contributed by atoms with Crippen LogP contribution in [0.5, 0.6) is 17.2 Å². The molecular formula is C35H36N4O5. The Hall–Kier alpha value is -5.02. The van der Waals surface area contributed by atoms with Gasteiger partial charge < -0.3 is 19.1 Å². The van der Waals surface area contributed by atoms with Crippen molar-refractivity contribution in [2.45, 2.75) is 32.7 Å². The second-order valence-corrected chi connectivity index (χ2v) is 10.8. The van der Waals surface area contributed by atoms with Crippen molar-refractivity contribution < 1.29 is 23.8 Å². The molecular weight excluding hydrogens is 556 g/mol. The summed E-state index contributed by atoms with van der Waals surface area (Å²) in [7, 11) is 3.60. The number of aryl methyl sites for hydroxylation is 1. The number of esters is 1. The Balaban J connectivity index is 1.21. The van der Waals surface area contributed by atoms with E-state index in [0.29, 0.717) is 50.3 Å². The summed E-state index contributed by atoms with van der Waals surface area (Å²) in [5.74, 6) is 1.94. The number of ether oxygens (including phenoxy) is 3. The summed E-state index contributed by atoms with van der Waals surface area (Å²) in [5, 5.41) is 4.00. The van der Waals surface area contributed by atoms with Crippen molar-refractivity contribution >= 4 is 28.9 Å². The molecule has 6 rings (SSSR count). The zero-order chi connectivity index (χ0) is 30.6. The van der Waals surface area contributed by atoms with Gasteiger partial charge in [0.1, 0.15) is 22.9 Å². The number of nitrogens with zero attached hydrogens (tertiary/aromatic N) is 3. The molecule has 9 heteroatoms. The minimum absolute atomic E-state index is 0.00679. The molecule has 1 N–H and O–H groups in total. The van der Waals surface area contributed by atoms with Crippen molar-refractivity contribution in [2.24, 2.45) is 0 Å². The Morgan fingerprint density at radius 3 is 2.43 bits per heavy atom. The molecule has 0 aliphatic carbocycles. The third kappa shape index (κ3) is 5.91. The second kappa shape index (κ2) is 12.7. The number of carbonyl (C=O) groups excluding carboxylic acids is 2. The van der Waals surface area contributed by atoms with Crippen LogP contribution in [-0.2, 0) is 28.9 Å². The van der Waals surface area contributed by atoms with Gasteiger partial charge >= 0.3 is 5.97 Å². The Kier molecular flexibility index (Phi) is 8.38. The number of para-hydroxylation sites is 1. The molecule has 226 valence electrons. The van der Waals surface area contributed by atoms with Crippen molar-refractivity contribution in [3.8, 4) is 17.2 Å². The highest BCUT2D eigenvalue weighted by Gasteiger charge is 2.32. The van der Waals surface area contributed by atoms with Crippen LogP contribution in [0.2, 0.25) is 0 Å². The van der Waals surface area contributed by atoms with E-state index in [-0.39, 0.29) is 11.9 Å². The largest absolute Gasteiger partial charge is 0.494 e. The standard InChI is InChI=1S/C35H36N4O5/c1-4-43-33(40)18-13-24-21-31-34(32(22-24)42-3)37(2)36-39(31)30-12-8-9-26-23-38(20-19-29(26)30)35(41)25-14-16-28(17-15-25)44-27-10-6-5-7-11-27/h5-12,14-17,21-22,36H,4,13,18-20,23H2,1-3H3. The number of fused-ring (bicyclic) bond motifs is 2. The van der Waals surface area contributed by atoms with Crippen molar-refractivity contribution in [3.05, 3.63) is 107 Å². The van der Waals surface area contributed by atoms with Crippen LogP contribution in [0.15, 0.2) is 84.9 Å². The lowest BCUT2D eigenvalue weighted by atomic mass is 9.96. The minimum Gasteiger partial charge on any atom is -0.494 e. The van der Waals surface area contributed by atoms with E-state index >= 15 is 0 Å². The van der Waals surface area contributed by atoms with Crippen molar-refractivity contribution in [2.75, 3.05) is 37.3 Å². The van der Waals surface area contributed by atoms with Crippen LogP contribution in [0.1, 0.15) is 40.4 Å². The maximum Gasteiger partial charge on any atom is 0.306 e. The molecule has 0 unspecified atom stereocenters. The predicted molar refractivity (Wildman–Crippen MR) is 169 cm³/mol. The number of methoxy groups -OCH3 is 1. The summed E-state index contributed by atoms with van der Waals surface area (Å²) in [6.07, 6.45) is 1.55. The smallest absolute Gasteiger partial charge is 0.306 e. The van der Waals surface area contributed by atoms with Crippen LogP contribution < -0.4 is 25.0 Å². The molecule has 0 atom stereocenters. The number of hydrogen-bond acceptors (Lipinski definition) is 8. The first kappa shape index (κ1) is 29.1. The van der Waals surface area contributed by atoms with Crippen LogP contribution in [0.3, 0.4) is 0 Å². The van der Waals surface area contributed by atoms with Gasteiger partial charge in [-0.15, -0.1) is 5.53 Å². The van der Waals surface area contributed by atoms with Crippen molar-refractivity contribution in [3.63, 3.8) is 0 Å². The Labute approximate surface area is 257 Å². The number of amides is 1. The van der Waals surface area contributed by atoms with Crippen LogP contribution in [0, 0.1) is 0 Å². The van der Waals surface area contributed by atoms with E-state index in [2.05, 4.69) is 28.7 Å². The number of hydrazine groups is 2. The molecule has 2 aliphatic rings. The fraction of sp³-hybridized carbons (Fsp3) is 0.257. The third-order valence-electron chi connectivity index (χ3n) is 7.93. The minimum atomic E-state index is -0.216. The SMILES string of the molecule is CCOC(=O)CCc1cc(OC)c2c(c1)N(c1cccc3c1CCN(C(=O)c1ccc(Oc4ccccc4)cc1)C3)NN2C. The summed E-state index contributed by atoms with van der Waals surface area (Å²) in [5.41, 5.74) is 10.2. The van der Waals surface area contributed by atoms with Gasteiger partial charge in [-0.3, -0.25) is 19.6 Å². The number of nitrogens with one attached hydrogen (secondary N) is 1. The molecule has 0 saturated heterocycles.